The summed E-state index contributed by atoms with van der Waals surface area (Å²) in [7, 11) is 0. The summed E-state index contributed by atoms with van der Waals surface area (Å²) >= 11 is 4.99. The van der Waals surface area contributed by atoms with Gasteiger partial charge in [0.15, 0.2) is 4.77 Å². The van der Waals surface area contributed by atoms with E-state index >= 15 is 0 Å². The first-order valence-corrected chi connectivity index (χ1v) is 4.47. The van der Waals surface area contributed by atoms with Gasteiger partial charge >= 0.3 is 0 Å². The molecule has 0 bridgehead atoms. The minimum Gasteiger partial charge on any atom is -0.335 e. The number of rotatable bonds is 0. The molecule has 0 aliphatic carbocycles. The molecule has 0 saturated heterocycles. The van der Waals surface area contributed by atoms with E-state index in [1.165, 1.54) is 11.3 Å². The van der Waals surface area contributed by atoms with E-state index in [2.05, 4.69) is 22.2 Å². The minimum absolute atomic E-state index is 0.593. The zero-order chi connectivity index (χ0) is 8.55. The molecule has 1 aromatic rings. The van der Waals surface area contributed by atoms with Crippen LogP contribution in [0.15, 0.2) is 0 Å². The molecule has 0 saturated carbocycles. The molecule has 0 fully saturated rings. The highest BCUT2D eigenvalue weighted by atomic mass is 32.1. The van der Waals surface area contributed by atoms with Crippen LogP contribution in [0.1, 0.15) is 17.0 Å². The van der Waals surface area contributed by atoms with E-state index in [1.807, 2.05) is 0 Å². The van der Waals surface area contributed by atoms with Crippen LogP contribution in [0.4, 0.5) is 0 Å². The van der Waals surface area contributed by atoms with Gasteiger partial charge in [0.1, 0.15) is 0 Å². The van der Waals surface area contributed by atoms with Gasteiger partial charge < -0.3 is 10.3 Å². The van der Waals surface area contributed by atoms with Crippen LogP contribution < -0.4 is 5.32 Å². The van der Waals surface area contributed by atoms with Gasteiger partial charge in [0, 0.05) is 12.2 Å². The van der Waals surface area contributed by atoms with Crippen molar-refractivity contribution < 1.29 is 0 Å². The third-order valence-electron chi connectivity index (χ3n) is 2.18. The van der Waals surface area contributed by atoms with Crippen molar-refractivity contribution in [1.29, 1.82) is 0 Å². The Hall–Kier alpha value is -0.740. The lowest BCUT2D eigenvalue weighted by atomic mass is 10.1. The molecule has 2 heterocycles. The SMILES string of the molecule is Cc1[nH]c(=S)nc2c1CCNC2. The number of hydrogen-bond acceptors (Lipinski definition) is 3. The molecule has 4 heteroatoms. The molecule has 1 aliphatic heterocycles. The van der Waals surface area contributed by atoms with Crippen LogP contribution in [0.3, 0.4) is 0 Å². The molecule has 0 amide bonds. The zero-order valence-corrected chi connectivity index (χ0v) is 7.79. The van der Waals surface area contributed by atoms with Gasteiger partial charge in [-0.25, -0.2) is 4.98 Å². The van der Waals surface area contributed by atoms with Crippen molar-refractivity contribution in [3.8, 4) is 0 Å². The Morgan fingerprint density at radius 2 is 2.33 bits per heavy atom. The molecule has 0 aromatic carbocycles. The number of aromatic nitrogens is 2. The smallest absolute Gasteiger partial charge is 0.197 e. The van der Waals surface area contributed by atoms with E-state index in [0.29, 0.717) is 4.77 Å². The molecular formula is C8H11N3S. The Morgan fingerprint density at radius 1 is 1.50 bits per heavy atom. The molecule has 0 atom stereocenters. The predicted octanol–water partition coefficient (Wildman–Crippen LogP) is 1.09. The monoisotopic (exact) mass is 181 g/mol. The third-order valence-corrected chi connectivity index (χ3v) is 2.37. The number of hydrogen-bond donors (Lipinski definition) is 2. The third kappa shape index (κ3) is 1.28. The molecule has 3 nitrogen and oxygen atoms in total. The number of fused-ring (bicyclic) bond motifs is 1. The van der Waals surface area contributed by atoms with Crippen molar-refractivity contribution in [2.24, 2.45) is 0 Å². The highest BCUT2D eigenvalue weighted by Crippen LogP contribution is 2.13. The number of nitrogens with zero attached hydrogens (tertiary/aromatic N) is 1. The summed E-state index contributed by atoms with van der Waals surface area (Å²) in [5.41, 5.74) is 3.62. The van der Waals surface area contributed by atoms with Gasteiger partial charge in [-0.2, -0.15) is 0 Å². The van der Waals surface area contributed by atoms with Gasteiger partial charge in [-0.15, -0.1) is 0 Å². The summed E-state index contributed by atoms with van der Waals surface area (Å²) in [5, 5.41) is 3.27. The van der Waals surface area contributed by atoms with Crippen molar-refractivity contribution in [2.75, 3.05) is 6.54 Å². The molecule has 0 unspecified atom stereocenters. The fourth-order valence-corrected chi connectivity index (χ4v) is 1.83. The molecule has 64 valence electrons. The van der Waals surface area contributed by atoms with E-state index in [4.69, 9.17) is 12.2 Å². The Morgan fingerprint density at radius 3 is 3.17 bits per heavy atom. The van der Waals surface area contributed by atoms with E-state index in [9.17, 15) is 0 Å². The standard InChI is InChI=1S/C8H11N3S/c1-5-6-2-3-9-4-7(6)11-8(12)10-5/h9H,2-4H2,1H3,(H,10,11,12). The van der Waals surface area contributed by atoms with Gasteiger partial charge in [0.25, 0.3) is 0 Å². The van der Waals surface area contributed by atoms with Crippen molar-refractivity contribution in [2.45, 2.75) is 19.9 Å². The Bertz CT molecular complexity index is 356. The van der Waals surface area contributed by atoms with Gasteiger partial charge in [0.05, 0.1) is 5.69 Å². The van der Waals surface area contributed by atoms with Crippen LogP contribution in [0.2, 0.25) is 0 Å². The normalized spacial score (nSPS) is 15.8. The van der Waals surface area contributed by atoms with Crippen LogP contribution in [0, 0.1) is 11.7 Å². The fraction of sp³-hybridized carbons (Fsp3) is 0.500. The maximum Gasteiger partial charge on any atom is 0.197 e. The molecule has 1 aliphatic rings. The molecule has 0 radical (unpaired) electrons. The molecular weight excluding hydrogens is 170 g/mol. The van der Waals surface area contributed by atoms with Crippen LogP contribution in [0.5, 0.6) is 0 Å². The average molecular weight is 181 g/mol. The molecule has 12 heavy (non-hydrogen) atoms. The quantitative estimate of drug-likeness (QED) is 0.589. The second-order valence-electron chi connectivity index (χ2n) is 3.02. The first kappa shape index (κ1) is 7.89. The van der Waals surface area contributed by atoms with Crippen LogP contribution in [-0.2, 0) is 13.0 Å². The van der Waals surface area contributed by atoms with E-state index in [0.717, 1.165) is 25.2 Å². The zero-order valence-electron chi connectivity index (χ0n) is 6.98. The van der Waals surface area contributed by atoms with E-state index < -0.39 is 0 Å². The van der Waals surface area contributed by atoms with Crippen molar-refractivity contribution in [3.63, 3.8) is 0 Å². The molecule has 0 spiro atoms. The van der Waals surface area contributed by atoms with Crippen molar-refractivity contribution in [3.05, 3.63) is 21.7 Å². The summed E-state index contributed by atoms with van der Waals surface area (Å²) in [6.07, 6.45) is 1.06. The lowest BCUT2D eigenvalue weighted by Crippen LogP contribution is -2.25. The maximum atomic E-state index is 4.99. The predicted molar refractivity (Wildman–Crippen MR) is 49.6 cm³/mol. The first-order valence-electron chi connectivity index (χ1n) is 4.07. The first-order chi connectivity index (χ1) is 5.77. The summed E-state index contributed by atoms with van der Waals surface area (Å²) in [5.74, 6) is 0. The molecule has 2 N–H and O–H groups in total. The van der Waals surface area contributed by atoms with Crippen LogP contribution in [-0.4, -0.2) is 16.5 Å². The number of aryl methyl sites for hydroxylation is 1. The van der Waals surface area contributed by atoms with Crippen LogP contribution in [0.25, 0.3) is 0 Å². The second kappa shape index (κ2) is 2.95. The lowest BCUT2D eigenvalue weighted by Gasteiger charge is -2.17. The Kier molecular flexibility index (Phi) is 1.94. The largest absolute Gasteiger partial charge is 0.335 e. The summed E-state index contributed by atoms with van der Waals surface area (Å²) in [6.45, 7) is 3.95. The highest BCUT2D eigenvalue weighted by Gasteiger charge is 2.11. The lowest BCUT2D eigenvalue weighted by molar-refractivity contribution is 0.617. The van der Waals surface area contributed by atoms with E-state index in [1.54, 1.807) is 0 Å². The highest BCUT2D eigenvalue weighted by molar-refractivity contribution is 7.71. The van der Waals surface area contributed by atoms with Gasteiger partial charge in [-0.1, -0.05) is 0 Å². The van der Waals surface area contributed by atoms with Crippen LogP contribution >= 0.6 is 12.2 Å². The number of nitrogens with one attached hydrogen (secondary N) is 2. The maximum absolute atomic E-state index is 4.99. The summed E-state index contributed by atoms with van der Waals surface area (Å²) in [6, 6.07) is 0. The van der Waals surface area contributed by atoms with Gasteiger partial charge in [0.2, 0.25) is 0 Å². The molecule has 2 rings (SSSR count). The number of H-pyrrole nitrogens is 1. The fourth-order valence-electron chi connectivity index (χ4n) is 1.57. The summed E-state index contributed by atoms with van der Waals surface area (Å²) in [4.78, 5) is 7.35. The minimum atomic E-state index is 0.593. The second-order valence-corrected chi connectivity index (χ2v) is 3.41. The summed E-state index contributed by atoms with van der Waals surface area (Å²) < 4.78 is 0.593. The number of aromatic amines is 1. The Labute approximate surface area is 76.2 Å². The molecule has 1 aromatic heterocycles. The van der Waals surface area contributed by atoms with Crippen molar-refractivity contribution in [1.82, 2.24) is 15.3 Å². The van der Waals surface area contributed by atoms with Gasteiger partial charge in [-0.3, -0.25) is 0 Å². The van der Waals surface area contributed by atoms with E-state index in [-0.39, 0.29) is 0 Å². The van der Waals surface area contributed by atoms with Crippen molar-refractivity contribution >= 4 is 12.2 Å². The Balaban J connectivity index is 2.60. The average Bonchev–Trinajstić information content (AvgIpc) is 2.04. The van der Waals surface area contributed by atoms with Gasteiger partial charge in [-0.05, 0) is 37.7 Å². The topological polar surface area (TPSA) is 40.7 Å².